The van der Waals surface area contributed by atoms with Crippen LogP contribution in [0.3, 0.4) is 0 Å². The van der Waals surface area contributed by atoms with Gasteiger partial charge in [-0.1, -0.05) is 11.8 Å². The number of nitrogens with two attached hydrogens (primary N) is 1. The van der Waals surface area contributed by atoms with Gasteiger partial charge in [0.2, 0.25) is 5.89 Å². The highest BCUT2D eigenvalue weighted by Gasteiger charge is 2.14. The van der Waals surface area contributed by atoms with Crippen molar-refractivity contribution in [3.05, 3.63) is 41.8 Å². The van der Waals surface area contributed by atoms with Crippen molar-refractivity contribution in [3.8, 4) is 11.5 Å². The summed E-state index contributed by atoms with van der Waals surface area (Å²) < 4.78 is 11.1. The first-order valence-electron chi connectivity index (χ1n) is 6.36. The third kappa shape index (κ3) is 3.08. The minimum atomic E-state index is 0.477. The number of furan rings is 1. The highest BCUT2D eigenvalue weighted by Crippen LogP contribution is 2.27. The smallest absolute Gasteiger partial charge is 0.251 e. The summed E-state index contributed by atoms with van der Waals surface area (Å²) in [5.41, 5.74) is 7.08. The maximum absolute atomic E-state index is 5.65. The van der Waals surface area contributed by atoms with Gasteiger partial charge in [-0.3, -0.25) is 0 Å². The van der Waals surface area contributed by atoms with E-state index >= 15 is 0 Å². The Morgan fingerprint density at radius 1 is 1.19 bits per heavy atom. The van der Waals surface area contributed by atoms with Crippen LogP contribution in [0.1, 0.15) is 17.4 Å². The van der Waals surface area contributed by atoms with Crippen LogP contribution in [-0.2, 0) is 5.75 Å². The average Bonchev–Trinajstić information content (AvgIpc) is 3.04. The van der Waals surface area contributed by atoms with Crippen LogP contribution in [0.4, 0.5) is 5.69 Å². The summed E-state index contributed by atoms with van der Waals surface area (Å²) in [6.07, 6.45) is 1.62. The SMILES string of the molecule is Cc1cc(-c2nnc(CSc3ccc(N)cn3)o2)c(C)o1. The van der Waals surface area contributed by atoms with Crippen molar-refractivity contribution in [1.29, 1.82) is 0 Å². The largest absolute Gasteiger partial charge is 0.466 e. The second-order valence-electron chi connectivity index (χ2n) is 4.55. The van der Waals surface area contributed by atoms with Crippen LogP contribution >= 0.6 is 11.8 Å². The van der Waals surface area contributed by atoms with E-state index in [9.17, 15) is 0 Å². The molecule has 0 aliphatic carbocycles. The van der Waals surface area contributed by atoms with Crippen molar-refractivity contribution in [1.82, 2.24) is 15.2 Å². The number of anilines is 1. The standard InChI is InChI=1S/C14H14N4O2S/c1-8-5-11(9(2)19-8)14-18-17-12(20-14)7-21-13-4-3-10(15)6-16-13/h3-6H,7,15H2,1-2H3. The number of aromatic nitrogens is 3. The summed E-state index contributed by atoms with van der Waals surface area (Å²) in [7, 11) is 0. The molecule has 0 fully saturated rings. The molecule has 0 saturated heterocycles. The molecule has 2 N–H and O–H groups in total. The predicted octanol–water partition coefficient (Wildman–Crippen LogP) is 3.22. The summed E-state index contributed by atoms with van der Waals surface area (Å²) >= 11 is 1.51. The monoisotopic (exact) mass is 302 g/mol. The summed E-state index contributed by atoms with van der Waals surface area (Å²) in [5.74, 6) is 3.18. The zero-order chi connectivity index (χ0) is 14.8. The molecule has 0 radical (unpaired) electrons. The number of rotatable bonds is 4. The lowest BCUT2D eigenvalue weighted by molar-refractivity contribution is 0.499. The lowest BCUT2D eigenvalue weighted by Crippen LogP contribution is -1.87. The van der Waals surface area contributed by atoms with Crippen LogP contribution in [-0.4, -0.2) is 15.2 Å². The van der Waals surface area contributed by atoms with E-state index in [1.807, 2.05) is 32.0 Å². The zero-order valence-corrected chi connectivity index (χ0v) is 12.5. The molecule has 0 bridgehead atoms. The van der Waals surface area contributed by atoms with Gasteiger partial charge in [0.1, 0.15) is 11.5 Å². The fourth-order valence-electron chi connectivity index (χ4n) is 1.88. The third-order valence-electron chi connectivity index (χ3n) is 2.84. The lowest BCUT2D eigenvalue weighted by Gasteiger charge is -1.97. The molecule has 0 spiro atoms. The quantitative estimate of drug-likeness (QED) is 0.740. The second kappa shape index (κ2) is 5.61. The van der Waals surface area contributed by atoms with Gasteiger partial charge in [0.25, 0.3) is 5.89 Å². The highest BCUT2D eigenvalue weighted by atomic mass is 32.2. The molecule has 3 aromatic rings. The molecule has 0 amide bonds. The summed E-state index contributed by atoms with van der Waals surface area (Å²) in [4.78, 5) is 4.21. The van der Waals surface area contributed by atoms with Gasteiger partial charge in [0.15, 0.2) is 0 Å². The molecule has 7 heteroatoms. The molecule has 0 atom stereocenters. The lowest BCUT2D eigenvalue weighted by atomic mass is 10.2. The minimum Gasteiger partial charge on any atom is -0.466 e. The maximum Gasteiger partial charge on any atom is 0.251 e. The molecule has 0 aliphatic rings. The zero-order valence-electron chi connectivity index (χ0n) is 11.7. The Labute approximate surface area is 125 Å². The van der Waals surface area contributed by atoms with Crippen molar-refractivity contribution in [2.75, 3.05) is 5.73 Å². The van der Waals surface area contributed by atoms with E-state index in [1.165, 1.54) is 11.8 Å². The number of thioether (sulfide) groups is 1. The highest BCUT2D eigenvalue weighted by molar-refractivity contribution is 7.98. The van der Waals surface area contributed by atoms with Crippen molar-refractivity contribution in [2.45, 2.75) is 24.6 Å². The van der Waals surface area contributed by atoms with Gasteiger partial charge >= 0.3 is 0 Å². The van der Waals surface area contributed by atoms with Crippen LogP contribution in [0.25, 0.3) is 11.5 Å². The number of aryl methyl sites for hydroxylation is 2. The number of hydrogen-bond donors (Lipinski definition) is 1. The van der Waals surface area contributed by atoms with E-state index in [1.54, 1.807) is 6.20 Å². The fraction of sp³-hybridized carbons (Fsp3) is 0.214. The van der Waals surface area contributed by atoms with Crippen LogP contribution in [0.5, 0.6) is 0 Å². The molecule has 3 heterocycles. The minimum absolute atomic E-state index is 0.477. The normalized spacial score (nSPS) is 11.0. The number of pyridine rings is 1. The second-order valence-corrected chi connectivity index (χ2v) is 5.54. The molecular formula is C14H14N4O2S. The molecule has 0 saturated carbocycles. The first-order chi connectivity index (χ1) is 10.1. The number of nitrogen functional groups attached to an aromatic ring is 1. The van der Waals surface area contributed by atoms with Crippen LogP contribution in [0.15, 0.2) is 38.3 Å². The summed E-state index contributed by atoms with van der Waals surface area (Å²) in [6.45, 7) is 3.76. The Morgan fingerprint density at radius 3 is 2.71 bits per heavy atom. The number of nitrogens with zero attached hydrogens (tertiary/aromatic N) is 3. The third-order valence-corrected chi connectivity index (χ3v) is 3.77. The molecule has 6 nitrogen and oxygen atoms in total. The van der Waals surface area contributed by atoms with E-state index in [-0.39, 0.29) is 0 Å². The van der Waals surface area contributed by atoms with Gasteiger partial charge < -0.3 is 14.6 Å². The maximum atomic E-state index is 5.65. The Balaban J connectivity index is 1.70. The molecule has 0 aromatic carbocycles. The Morgan fingerprint density at radius 2 is 2.05 bits per heavy atom. The van der Waals surface area contributed by atoms with Gasteiger partial charge in [0, 0.05) is 0 Å². The Bertz CT molecular complexity index is 749. The van der Waals surface area contributed by atoms with Gasteiger partial charge in [-0.25, -0.2) is 4.98 Å². The van der Waals surface area contributed by atoms with Crippen molar-refractivity contribution >= 4 is 17.4 Å². The first kappa shape index (κ1) is 13.7. The average molecular weight is 302 g/mol. The molecule has 3 rings (SSSR count). The van der Waals surface area contributed by atoms with Crippen LogP contribution in [0.2, 0.25) is 0 Å². The Hall–Kier alpha value is -2.28. The molecular weight excluding hydrogens is 288 g/mol. The molecule has 3 aromatic heterocycles. The fourth-order valence-corrected chi connectivity index (χ4v) is 2.56. The molecule has 21 heavy (non-hydrogen) atoms. The first-order valence-corrected chi connectivity index (χ1v) is 7.34. The van der Waals surface area contributed by atoms with Crippen LogP contribution < -0.4 is 5.73 Å². The summed E-state index contributed by atoms with van der Waals surface area (Å²) in [5, 5.41) is 8.96. The van der Waals surface area contributed by atoms with Gasteiger partial charge in [-0.05, 0) is 32.0 Å². The summed E-state index contributed by atoms with van der Waals surface area (Å²) in [6, 6.07) is 5.56. The van der Waals surface area contributed by atoms with Gasteiger partial charge in [0.05, 0.1) is 28.2 Å². The van der Waals surface area contributed by atoms with Crippen molar-refractivity contribution in [2.24, 2.45) is 0 Å². The van der Waals surface area contributed by atoms with Crippen molar-refractivity contribution in [3.63, 3.8) is 0 Å². The van der Waals surface area contributed by atoms with Gasteiger partial charge in [-0.15, -0.1) is 10.2 Å². The molecule has 0 aliphatic heterocycles. The topological polar surface area (TPSA) is 91.0 Å². The van der Waals surface area contributed by atoms with E-state index in [4.69, 9.17) is 14.6 Å². The molecule has 108 valence electrons. The van der Waals surface area contributed by atoms with Crippen molar-refractivity contribution < 1.29 is 8.83 Å². The number of hydrogen-bond acceptors (Lipinski definition) is 7. The van der Waals surface area contributed by atoms with E-state index < -0.39 is 0 Å². The van der Waals surface area contributed by atoms with E-state index in [2.05, 4.69) is 15.2 Å². The predicted molar refractivity (Wildman–Crippen MR) is 79.7 cm³/mol. The van der Waals surface area contributed by atoms with Crippen LogP contribution in [0, 0.1) is 13.8 Å². The molecule has 0 unspecified atom stereocenters. The van der Waals surface area contributed by atoms with E-state index in [0.717, 1.165) is 22.1 Å². The Kier molecular flexibility index (Phi) is 3.66. The van der Waals surface area contributed by atoms with E-state index in [0.29, 0.717) is 23.2 Å². The van der Waals surface area contributed by atoms with Gasteiger partial charge in [-0.2, -0.15) is 0 Å².